The van der Waals surface area contributed by atoms with E-state index in [4.69, 9.17) is 11.6 Å². The van der Waals surface area contributed by atoms with E-state index in [0.717, 1.165) is 12.1 Å². The summed E-state index contributed by atoms with van der Waals surface area (Å²) in [6, 6.07) is 5.44. The van der Waals surface area contributed by atoms with Crippen LogP contribution in [-0.2, 0) is 5.88 Å². The second-order valence-electron chi connectivity index (χ2n) is 3.83. The normalized spacial score (nSPS) is 24.7. The van der Waals surface area contributed by atoms with Crippen molar-refractivity contribution < 1.29 is 4.79 Å². The molecule has 2 atom stereocenters. The molecule has 0 aliphatic heterocycles. The third-order valence-electron chi connectivity index (χ3n) is 2.64. The van der Waals surface area contributed by atoms with Crippen molar-refractivity contribution in [1.29, 1.82) is 0 Å². The van der Waals surface area contributed by atoms with E-state index in [0.29, 0.717) is 17.5 Å². The van der Waals surface area contributed by atoms with Crippen molar-refractivity contribution in [1.82, 2.24) is 4.98 Å². The van der Waals surface area contributed by atoms with Crippen molar-refractivity contribution in [3.63, 3.8) is 0 Å². The number of aromatic nitrogens is 1. The van der Waals surface area contributed by atoms with Crippen LogP contribution < -0.4 is 0 Å². The third-order valence-corrected chi connectivity index (χ3v) is 2.92. The zero-order valence-corrected chi connectivity index (χ0v) is 8.79. The molecule has 1 aliphatic carbocycles. The van der Waals surface area contributed by atoms with E-state index in [1.54, 1.807) is 6.07 Å². The van der Waals surface area contributed by atoms with Crippen molar-refractivity contribution in [2.24, 2.45) is 11.8 Å². The summed E-state index contributed by atoms with van der Waals surface area (Å²) < 4.78 is 0. The summed E-state index contributed by atoms with van der Waals surface area (Å²) in [6.45, 7) is 2.09. The maximum atomic E-state index is 11.8. The number of ketones is 1. The van der Waals surface area contributed by atoms with Gasteiger partial charge in [0.25, 0.3) is 0 Å². The maximum Gasteiger partial charge on any atom is 0.184 e. The number of pyridine rings is 1. The molecule has 1 aromatic rings. The lowest BCUT2D eigenvalue weighted by atomic mass is 10.1. The zero-order chi connectivity index (χ0) is 10.1. The summed E-state index contributed by atoms with van der Waals surface area (Å²) in [5.41, 5.74) is 1.34. The number of carbonyl (C=O) groups is 1. The molecule has 3 heteroatoms. The van der Waals surface area contributed by atoms with Crippen LogP contribution in [0.25, 0.3) is 0 Å². The van der Waals surface area contributed by atoms with E-state index in [9.17, 15) is 4.79 Å². The fourth-order valence-electron chi connectivity index (χ4n) is 1.57. The number of rotatable bonds is 3. The van der Waals surface area contributed by atoms with Crippen molar-refractivity contribution >= 4 is 17.4 Å². The van der Waals surface area contributed by atoms with Gasteiger partial charge in [-0.15, -0.1) is 11.6 Å². The highest BCUT2D eigenvalue weighted by molar-refractivity contribution is 6.16. The Labute approximate surface area is 88.3 Å². The first-order valence-electron chi connectivity index (χ1n) is 4.78. The number of halogens is 1. The van der Waals surface area contributed by atoms with Crippen LogP contribution in [0.2, 0.25) is 0 Å². The fraction of sp³-hybridized carbons (Fsp3) is 0.455. The summed E-state index contributed by atoms with van der Waals surface area (Å²) >= 11 is 5.65. The molecular formula is C11H12ClNO. The van der Waals surface area contributed by atoms with Gasteiger partial charge in [-0.3, -0.25) is 4.79 Å². The molecule has 74 valence electrons. The fourth-order valence-corrected chi connectivity index (χ4v) is 1.72. The molecule has 0 amide bonds. The Morgan fingerprint density at radius 2 is 2.36 bits per heavy atom. The van der Waals surface area contributed by atoms with Crippen LogP contribution in [-0.4, -0.2) is 10.8 Å². The number of Topliss-reactive ketones (excluding diaryl/α,β-unsaturated/α-hetero) is 1. The standard InChI is InChI=1S/C11H12ClNO/c1-7-5-9(7)11(14)10-4-2-3-8(6-12)13-10/h2-4,7,9H,5-6H2,1H3/t7?,9-/m1/s1. The molecule has 1 fully saturated rings. The number of carbonyl (C=O) groups excluding carboxylic acids is 1. The van der Waals surface area contributed by atoms with Crippen molar-refractivity contribution in [3.8, 4) is 0 Å². The summed E-state index contributed by atoms with van der Waals surface area (Å²) in [7, 11) is 0. The SMILES string of the molecule is CC1C[C@H]1C(=O)c1cccc(CCl)n1. The first-order valence-corrected chi connectivity index (χ1v) is 5.32. The molecule has 14 heavy (non-hydrogen) atoms. The van der Waals surface area contributed by atoms with Crippen LogP contribution >= 0.6 is 11.6 Å². The second-order valence-corrected chi connectivity index (χ2v) is 4.10. The summed E-state index contributed by atoms with van der Waals surface area (Å²) in [6.07, 6.45) is 1.01. The minimum atomic E-state index is 0.171. The first-order chi connectivity index (χ1) is 6.72. The van der Waals surface area contributed by atoms with Gasteiger partial charge >= 0.3 is 0 Å². The molecule has 0 saturated heterocycles. The number of hydrogen-bond acceptors (Lipinski definition) is 2. The van der Waals surface area contributed by atoms with Gasteiger partial charge < -0.3 is 0 Å². The van der Waals surface area contributed by atoms with Gasteiger partial charge in [-0.1, -0.05) is 13.0 Å². The predicted octanol–water partition coefficient (Wildman–Crippen LogP) is 2.66. The Balaban J connectivity index is 2.19. The highest BCUT2D eigenvalue weighted by atomic mass is 35.5. The van der Waals surface area contributed by atoms with Crippen LogP contribution in [0.4, 0.5) is 0 Å². The van der Waals surface area contributed by atoms with Crippen molar-refractivity contribution in [3.05, 3.63) is 29.6 Å². The average Bonchev–Trinajstić information content (AvgIpc) is 2.94. The number of hydrogen-bond donors (Lipinski definition) is 0. The van der Waals surface area contributed by atoms with Crippen LogP contribution in [0.3, 0.4) is 0 Å². The molecule has 1 heterocycles. The van der Waals surface area contributed by atoms with Gasteiger partial charge in [0.1, 0.15) is 5.69 Å². The lowest BCUT2D eigenvalue weighted by Gasteiger charge is -2.00. The van der Waals surface area contributed by atoms with Gasteiger partial charge in [-0.05, 0) is 24.5 Å². The molecule has 1 saturated carbocycles. The van der Waals surface area contributed by atoms with E-state index >= 15 is 0 Å². The zero-order valence-electron chi connectivity index (χ0n) is 8.03. The Hall–Kier alpha value is -0.890. The van der Waals surface area contributed by atoms with Gasteiger partial charge in [-0.25, -0.2) is 4.98 Å². The minimum Gasteiger partial charge on any atom is -0.292 e. The first kappa shape index (κ1) is 9.66. The minimum absolute atomic E-state index is 0.171. The van der Waals surface area contributed by atoms with Crippen molar-refractivity contribution in [2.45, 2.75) is 19.2 Å². The number of alkyl halides is 1. The molecule has 0 aromatic carbocycles. The van der Waals surface area contributed by atoms with E-state index in [1.165, 1.54) is 0 Å². The van der Waals surface area contributed by atoms with Crippen LogP contribution in [0, 0.1) is 11.8 Å². The van der Waals surface area contributed by atoms with Gasteiger partial charge in [0.05, 0.1) is 11.6 Å². The highest BCUT2D eigenvalue weighted by Gasteiger charge is 2.39. The second kappa shape index (κ2) is 3.70. The Bertz CT molecular complexity index is 364. The summed E-state index contributed by atoms with van der Waals surface area (Å²) in [5.74, 6) is 1.27. The molecule has 1 aromatic heterocycles. The van der Waals surface area contributed by atoms with E-state index in [1.807, 2.05) is 12.1 Å². The Morgan fingerprint density at radius 3 is 2.93 bits per heavy atom. The quantitative estimate of drug-likeness (QED) is 0.566. The van der Waals surface area contributed by atoms with Crippen molar-refractivity contribution in [2.75, 3.05) is 0 Å². The van der Waals surface area contributed by atoms with Crippen LogP contribution in [0.5, 0.6) is 0 Å². The smallest absolute Gasteiger partial charge is 0.184 e. The maximum absolute atomic E-state index is 11.8. The molecule has 0 N–H and O–H groups in total. The predicted molar refractivity (Wildman–Crippen MR) is 55.4 cm³/mol. The number of nitrogens with zero attached hydrogens (tertiary/aromatic N) is 1. The van der Waals surface area contributed by atoms with E-state index in [2.05, 4.69) is 11.9 Å². The molecule has 0 radical (unpaired) electrons. The molecular weight excluding hydrogens is 198 g/mol. The van der Waals surface area contributed by atoms with Gasteiger partial charge in [-0.2, -0.15) is 0 Å². The Morgan fingerprint density at radius 1 is 1.64 bits per heavy atom. The Kier molecular flexibility index (Phi) is 2.55. The average molecular weight is 210 g/mol. The topological polar surface area (TPSA) is 30.0 Å². The summed E-state index contributed by atoms with van der Waals surface area (Å²) in [4.78, 5) is 16.0. The van der Waals surface area contributed by atoms with E-state index in [-0.39, 0.29) is 11.7 Å². The van der Waals surface area contributed by atoms with Crippen LogP contribution in [0.15, 0.2) is 18.2 Å². The van der Waals surface area contributed by atoms with E-state index < -0.39 is 0 Å². The lowest BCUT2D eigenvalue weighted by Crippen LogP contribution is -2.06. The molecule has 2 rings (SSSR count). The molecule has 1 unspecified atom stereocenters. The molecule has 0 bridgehead atoms. The third kappa shape index (κ3) is 1.80. The molecule has 0 spiro atoms. The van der Waals surface area contributed by atoms with Gasteiger partial charge in [0, 0.05) is 5.92 Å². The largest absolute Gasteiger partial charge is 0.292 e. The van der Waals surface area contributed by atoms with Crippen LogP contribution in [0.1, 0.15) is 29.5 Å². The molecule has 2 nitrogen and oxygen atoms in total. The summed E-state index contributed by atoms with van der Waals surface area (Å²) in [5, 5.41) is 0. The van der Waals surface area contributed by atoms with Gasteiger partial charge in [0.2, 0.25) is 0 Å². The van der Waals surface area contributed by atoms with Gasteiger partial charge in [0.15, 0.2) is 5.78 Å². The molecule has 1 aliphatic rings. The highest BCUT2D eigenvalue weighted by Crippen LogP contribution is 2.39. The monoisotopic (exact) mass is 209 g/mol. The lowest BCUT2D eigenvalue weighted by molar-refractivity contribution is 0.0957.